The van der Waals surface area contributed by atoms with Crippen LogP contribution in [0.3, 0.4) is 0 Å². The van der Waals surface area contributed by atoms with Gasteiger partial charge in [-0.15, -0.1) is 0 Å². The highest BCUT2D eigenvalue weighted by atomic mass is 32.2. The molecule has 0 fully saturated rings. The number of amides is 3. The molecule has 0 heterocycles. The predicted octanol–water partition coefficient (Wildman–Crippen LogP) is 2.62. The van der Waals surface area contributed by atoms with E-state index in [1.54, 1.807) is 24.1 Å². The van der Waals surface area contributed by atoms with Crippen molar-refractivity contribution in [2.24, 2.45) is 5.92 Å². The standard InChI is InChI=1S/C32H49N5O7S/c1-8-14-37(15-9-2)32(42)25-18-24(19-27(20-25)45(43,44)35(5)6)31(41)33-28(17-23-10-12-26(38)13-11-23)29(39)21-36(7)34-30(40)16-22(3)4/h10-13,18-20,22,28-29,38-39H,8-9,14-17,21H2,1-7H3,(H,33,41)(H,34,40). The topological polar surface area (TPSA) is 160 Å². The van der Waals surface area contributed by atoms with Crippen molar-refractivity contribution >= 4 is 27.7 Å². The summed E-state index contributed by atoms with van der Waals surface area (Å²) >= 11 is 0. The molecule has 0 aliphatic carbocycles. The van der Waals surface area contributed by atoms with Crippen LogP contribution in [0.1, 0.15) is 73.2 Å². The lowest BCUT2D eigenvalue weighted by molar-refractivity contribution is -0.126. The summed E-state index contributed by atoms with van der Waals surface area (Å²) in [5, 5.41) is 25.2. The van der Waals surface area contributed by atoms with E-state index in [0.717, 1.165) is 4.31 Å². The van der Waals surface area contributed by atoms with E-state index in [4.69, 9.17) is 0 Å². The van der Waals surface area contributed by atoms with Crippen LogP contribution in [0.15, 0.2) is 47.4 Å². The van der Waals surface area contributed by atoms with Gasteiger partial charge in [0.1, 0.15) is 5.75 Å². The van der Waals surface area contributed by atoms with E-state index in [1.807, 2.05) is 27.7 Å². The normalized spacial score (nSPS) is 13.1. The number of aliphatic hydroxyl groups is 1. The number of hydrogen-bond donors (Lipinski definition) is 4. The lowest BCUT2D eigenvalue weighted by Crippen LogP contribution is -2.52. The van der Waals surface area contributed by atoms with Gasteiger partial charge >= 0.3 is 0 Å². The molecule has 12 nitrogen and oxygen atoms in total. The molecule has 45 heavy (non-hydrogen) atoms. The quantitative estimate of drug-likeness (QED) is 0.191. The molecule has 2 unspecified atom stereocenters. The van der Waals surface area contributed by atoms with Crippen molar-refractivity contribution in [3.63, 3.8) is 0 Å². The maximum atomic E-state index is 13.8. The Hall–Kier alpha value is -3.52. The number of sulfonamides is 1. The number of carbonyl (C=O) groups excluding carboxylic acids is 3. The van der Waals surface area contributed by atoms with Crippen molar-refractivity contribution in [1.29, 1.82) is 0 Å². The number of hydrogen-bond acceptors (Lipinski definition) is 8. The molecule has 2 aromatic rings. The van der Waals surface area contributed by atoms with Crippen LogP contribution in [0.4, 0.5) is 0 Å². The van der Waals surface area contributed by atoms with Crippen molar-refractivity contribution in [2.45, 2.75) is 70.4 Å². The largest absolute Gasteiger partial charge is 0.508 e. The lowest BCUT2D eigenvalue weighted by atomic mass is 10.00. The van der Waals surface area contributed by atoms with Crippen LogP contribution in [0, 0.1) is 5.92 Å². The van der Waals surface area contributed by atoms with Crippen molar-refractivity contribution in [2.75, 3.05) is 40.8 Å². The number of phenolic OH excluding ortho intramolecular Hbond substituents is 1. The molecular weight excluding hydrogens is 598 g/mol. The van der Waals surface area contributed by atoms with E-state index in [9.17, 15) is 33.0 Å². The van der Waals surface area contributed by atoms with Gasteiger partial charge < -0.3 is 20.4 Å². The summed E-state index contributed by atoms with van der Waals surface area (Å²) in [6, 6.07) is 9.27. The third-order valence-corrected chi connectivity index (χ3v) is 8.80. The van der Waals surface area contributed by atoms with Crippen molar-refractivity contribution in [1.82, 2.24) is 25.0 Å². The first kappa shape index (κ1) is 37.7. The van der Waals surface area contributed by atoms with Gasteiger partial charge in [-0.05, 0) is 61.1 Å². The Bertz CT molecular complexity index is 1390. The molecule has 0 saturated carbocycles. The maximum Gasteiger partial charge on any atom is 0.253 e. The van der Waals surface area contributed by atoms with Crippen LogP contribution in [0.5, 0.6) is 5.75 Å². The number of phenols is 1. The Balaban J connectivity index is 2.48. The van der Waals surface area contributed by atoms with Gasteiger partial charge in [0.2, 0.25) is 15.9 Å². The van der Waals surface area contributed by atoms with Crippen molar-refractivity contribution in [3.05, 3.63) is 59.2 Å². The fourth-order valence-corrected chi connectivity index (χ4v) is 5.73. The Morgan fingerprint density at radius 2 is 1.49 bits per heavy atom. The number of rotatable bonds is 17. The van der Waals surface area contributed by atoms with E-state index in [-0.39, 0.29) is 52.5 Å². The van der Waals surface area contributed by atoms with E-state index in [1.165, 1.54) is 49.4 Å². The molecule has 0 aliphatic rings. The van der Waals surface area contributed by atoms with Gasteiger partial charge in [-0.25, -0.2) is 17.7 Å². The highest BCUT2D eigenvalue weighted by molar-refractivity contribution is 7.89. The minimum absolute atomic E-state index is 0.0331. The molecule has 13 heteroatoms. The minimum Gasteiger partial charge on any atom is -0.508 e. The average molecular weight is 648 g/mol. The Morgan fingerprint density at radius 3 is 2.02 bits per heavy atom. The Kier molecular flexibility index (Phi) is 14.4. The second-order valence-electron chi connectivity index (χ2n) is 11.9. The molecule has 250 valence electrons. The predicted molar refractivity (Wildman–Crippen MR) is 173 cm³/mol. The van der Waals surface area contributed by atoms with Crippen LogP contribution < -0.4 is 10.7 Å². The molecule has 0 aliphatic heterocycles. The van der Waals surface area contributed by atoms with Crippen LogP contribution in [0.25, 0.3) is 0 Å². The third-order valence-electron chi connectivity index (χ3n) is 7.01. The molecule has 0 radical (unpaired) electrons. The Morgan fingerprint density at radius 1 is 0.911 bits per heavy atom. The molecule has 2 aromatic carbocycles. The molecule has 0 aromatic heterocycles. The van der Waals surface area contributed by atoms with Gasteiger partial charge in [-0.3, -0.25) is 19.8 Å². The van der Waals surface area contributed by atoms with Crippen molar-refractivity contribution in [3.8, 4) is 5.75 Å². The summed E-state index contributed by atoms with van der Waals surface area (Å²) < 4.78 is 27.3. The zero-order valence-electron chi connectivity index (χ0n) is 27.4. The Labute approximate surface area is 267 Å². The van der Waals surface area contributed by atoms with Gasteiger partial charge in [-0.1, -0.05) is 39.8 Å². The summed E-state index contributed by atoms with van der Waals surface area (Å²) in [5.41, 5.74) is 3.42. The molecule has 0 spiro atoms. The number of nitrogens with zero attached hydrogens (tertiary/aromatic N) is 3. The van der Waals surface area contributed by atoms with Crippen LogP contribution >= 0.6 is 0 Å². The summed E-state index contributed by atoms with van der Waals surface area (Å²) in [5.74, 6) is -1.08. The van der Waals surface area contributed by atoms with E-state index < -0.39 is 28.1 Å². The fourth-order valence-electron chi connectivity index (χ4n) is 4.75. The van der Waals surface area contributed by atoms with Crippen LogP contribution in [-0.2, 0) is 21.2 Å². The first-order valence-corrected chi connectivity index (χ1v) is 16.7. The van der Waals surface area contributed by atoms with Crippen LogP contribution in [-0.4, -0.2) is 103 Å². The zero-order valence-corrected chi connectivity index (χ0v) is 28.2. The number of likely N-dealkylation sites (N-methyl/N-ethyl adjacent to an activating group) is 1. The number of aromatic hydroxyl groups is 1. The molecule has 3 amide bonds. The molecular formula is C32H49N5O7S. The lowest BCUT2D eigenvalue weighted by Gasteiger charge is -2.29. The second kappa shape index (κ2) is 17.2. The number of benzene rings is 2. The summed E-state index contributed by atoms with van der Waals surface area (Å²) in [6.45, 7) is 8.63. The first-order chi connectivity index (χ1) is 21.1. The molecule has 4 N–H and O–H groups in total. The fraction of sp³-hybridized carbons (Fsp3) is 0.531. The maximum absolute atomic E-state index is 13.8. The molecule has 0 bridgehead atoms. The van der Waals surface area contributed by atoms with Gasteiger partial charge in [0, 0.05) is 58.3 Å². The molecule has 2 atom stereocenters. The highest BCUT2D eigenvalue weighted by Gasteiger charge is 2.28. The molecule has 2 rings (SSSR count). The number of nitrogens with one attached hydrogen (secondary N) is 2. The van der Waals surface area contributed by atoms with Gasteiger partial charge in [0.05, 0.1) is 17.0 Å². The van der Waals surface area contributed by atoms with Crippen LogP contribution in [0.2, 0.25) is 0 Å². The van der Waals surface area contributed by atoms with E-state index >= 15 is 0 Å². The third kappa shape index (κ3) is 11.4. The SMILES string of the molecule is CCCN(CCC)C(=O)c1cc(C(=O)NC(Cc2ccc(O)cc2)C(O)CN(C)NC(=O)CC(C)C)cc(S(=O)(=O)N(C)C)c1. The second-order valence-corrected chi connectivity index (χ2v) is 14.0. The minimum atomic E-state index is -4.01. The van der Waals surface area contributed by atoms with Gasteiger partial charge in [-0.2, -0.15) is 0 Å². The molecule has 0 saturated heterocycles. The zero-order chi connectivity index (χ0) is 33.9. The monoisotopic (exact) mass is 647 g/mol. The number of hydrazine groups is 1. The van der Waals surface area contributed by atoms with Gasteiger partial charge in [0.15, 0.2) is 0 Å². The van der Waals surface area contributed by atoms with Gasteiger partial charge in [0.25, 0.3) is 11.8 Å². The van der Waals surface area contributed by atoms with E-state index in [0.29, 0.717) is 37.9 Å². The first-order valence-electron chi connectivity index (χ1n) is 15.2. The average Bonchev–Trinajstić information content (AvgIpc) is 2.96. The summed E-state index contributed by atoms with van der Waals surface area (Å²) in [4.78, 5) is 41.0. The van der Waals surface area contributed by atoms with Crippen molar-refractivity contribution < 1.29 is 33.0 Å². The smallest absolute Gasteiger partial charge is 0.253 e. The summed E-state index contributed by atoms with van der Waals surface area (Å²) in [6.07, 6.45) is 0.695. The van der Waals surface area contributed by atoms with E-state index in [2.05, 4.69) is 10.7 Å². The summed E-state index contributed by atoms with van der Waals surface area (Å²) in [7, 11) is 0.325. The number of carbonyl (C=O) groups is 3. The number of aliphatic hydroxyl groups excluding tert-OH is 1. The highest BCUT2D eigenvalue weighted by Crippen LogP contribution is 2.21.